The molecule has 5 fully saturated rings. The average molecular weight is 550 g/mol. The highest BCUT2D eigenvalue weighted by Crippen LogP contribution is 2.59. The number of carbonyl (C=O) groups is 1. The van der Waals surface area contributed by atoms with E-state index in [0.717, 1.165) is 86.0 Å². The summed E-state index contributed by atoms with van der Waals surface area (Å²) in [5.41, 5.74) is 4.00. The van der Waals surface area contributed by atoms with Crippen molar-refractivity contribution in [3.8, 4) is 0 Å². The number of urea groups is 1. The van der Waals surface area contributed by atoms with Gasteiger partial charge in [0, 0.05) is 55.0 Å². The van der Waals surface area contributed by atoms with E-state index in [-0.39, 0.29) is 11.6 Å². The van der Waals surface area contributed by atoms with Gasteiger partial charge >= 0.3 is 6.03 Å². The van der Waals surface area contributed by atoms with E-state index in [2.05, 4.69) is 51.3 Å². The van der Waals surface area contributed by atoms with E-state index in [1.165, 1.54) is 24.9 Å². The fourth-order valence-electron chi connectivity index (χ4n) is 8.74. The van der Waals surface area contributed by atoms with E-state index in [1.54, 1.807) is 0 Å². The number of fused-ring (bicyclic) bond motifs is 1. The molecule has 1 saturated heterocycles. The maximum absolute atomic E-state index is 14.4. The van der Waals surface area contributed by atoms with Gasteiger partial charge in [0.1, 0.15) is 5.82 Å². The summed E-state index contributed by atoms with van der Waals surface area (Å²) in [6.07, 6.45) is 9.19. The Labute approximate surface area is 242 Å². The van der Waals surface area contributed by atoms with Crippen molar-refractivity contribution in [1.29, 1.82) is 0 Å². The van der Waals surface area contributed by atoms with Gasteiger partial charge in [-0.25, -0.2) is 9.78 Å². The minimum absolute atomic E-state index is 0.0619. The Balaban J connectivity index is 1.12. The number of nitrogens with zero attached hydrogens (tertiary/aromatic N) is 6. The second kappa shape index (κ2) is 9.72. The summed E-state index contributed by atoms with van der Waals surface area (Å²) < 4.78 is 0. The van der Waals surface area contributed by atoms with Gasteiger partial charge in [-0.2, -0.15) is 4.98 Å². The van der Waals surface area contributed by atoms with Gasteiger partial charge in [0.25, 0.3) is 0 Å². The zero-order valence-corrected chi connectivity index (χ0v) is 23.9. The first kappa shape index (κ1) is 25.1. The topological polar surface area (TPSA) is 67.8 Å². The number of amides is 2. The minimum Gasteiger partial charge on any atom is -0.369 e. The van der Waals surface area contributed by atoms with Crippen molar-refractivity contribution in [2.24, 2.45) is 17.8 Å². The van der Waals surface area contributed by atoms with Crippen molar-refractivity contribution < 1.29 is 4.79 Å². The van der Waals surface area contributed by atoms with Crippen LogP contribution >= 0.6 is 0 Å². The van der Waals surface area contributed by atoms with Gasteiger partial charge < -0.3 is 15.1 Å². The Morgan fingerprint density at radius 2 is 1.49 bits per heavy atom. The Hall–Kier alpha value is -3.65. The molecule has 41 heavy (non-hydrogen) atoms. The first-order chi connectivity index (χ1) is 20.0. The van der Waals surface area contributed by atoms with Crippen LogP contribution in [0.5, 0.6) is 0 Å². The van der Waals surface area contributed by atoms with Gasteiger partial charge in [-0.05, 0) is 99.7 Å². The Bertz CT molecular complexity index is 1400. The first-order valence-corrected chi connectivity index (χ1v) is 15.4. The molecule has 8 nitrogen and oxygen atoms in total. The number of para-hydroxylation sites is 1. The lowest BCUT2D eigenvalue weighted by atomic mass is 9.52. The van der Waals surface area contributed by atoms with Crippen molar-refractivity contribution in [3.63, 3.8) is 0 Å². The molecule has 0 unspecified atom stereocenters. The molecular formula is C33H39N7O. The number of hydrogen-bond donors (Lipinski definition) is 1. The SMILES string of the molecule is CN1CCN(c2ccc(Nc3ncc4c(n3)N(C35CC6CC(CC(C6)C3)C5)C(=O)N(c3ccccc3)C4)cc2)CC1. The lowest BCUT2D eigenvalue weighted by Crippen LogP contribution is -2.65. The number of likely N-dealkylation sites (N-methyl/N-ethyl adjacent to an activating group) is 1. The number of aromatic nitrogens is 2. The molecule has 6 aliphatic rings. The van der Waals surface area contributed by atoms with Crippen molar-refractivity contribution in [1.82, 2.24) is 14.9 Å². The van der Waals surface area contributed by atoms with Crippen LogP contribution in [0.3, 0.4) is 0 Å². The summed E-state index contributed by atoms with van der Waals surface area (Å²) >= 11 is 0. The molecule has 4 aliphatic carbocycles. The molecule has 1 aromatic heterocycles. The number of nitrogens with one attached hydrogen (secondary N) is 1. The smallest absolute Gasteiger partial charge is 0.330 e. The number of carbonyl (C=O) groups excluding carboxylic acids is 1. The Morgan fingerprint density at radius 3 is 2.15 bits per heavy atom. The highest BCUT2D eigenvalue weighted by Gasteiger charge is 2.57. The molecule has 3 aromatic rings. The molecule has 212 valence electrons. The predicted octanol–water partition coefficient (Wildman–Crippen LogP) is 5.89. The summed E-state index contributed by atoms with van der Waals surface area (Å²) in [6, 6.07) is 18.7. The van der Waals surface area contributed by atoms with Gasteiger partial charge in [0.15, 0.2) is 0 Å². The van der Waals surface area contributed by atoms with Crippen LogP contribution in [0, 0.1) is 17.8 Å². The predicted molar refractivity (Wildman–Crippen MR) is 163 cm³/mol. The van der Waals surface area contributed by atoms with Crippen LogP contribution in [0.15, 0.2) is 60.8 Å². The summed E-state index contributed by atoms with van der Waals surface area (Å²) in [5.74, 6) is 3.52. The normalized spacial score (nSPS) is 29.1. The lowest BCUT2D eigenvalue weighted by Gasteiger charge is -2.61. The summed E-state index contributed by atoms with van der Waals surface area (Å²) in [7, 11) is 2.18. The molecule has 0 atom stereocenters. The third kappa shape index (κ3) is 4.43. The molecular weight excluding hydrogens is 510 g/mol. The molecule has 3 heterocycles. The molecule has 1 N–H and O–H groups in total. The second-order valence-corrected chi connectivity index (χ2v) is 13.2. The Kier molecular flexibility index (Phi) is 5.95. The third-order valence-electron chi connectivity index (χ3n) is 10.3. The van der Waals surface area contributed by atoms with E-state index < -0.39 is 0 Å². The van der Waals surface area contributed by atoms with Crippen LogP contribution in [0.4, 0.5) is 33.6 Å². The van der Waals surface area contributed by atoms with Crippen LogP contribution in [-0.4, -0.2) is 59.7 Å². The molecule has 4 bridgehead atoms. The summed E-state index contributed by atoms with van der Waals surface area (Å²) in [5, 5.41) is 3.44. The third-order valence-corrected chi connectivity index (χ3v) is 10.3. The number of piperazine rings is 1. The van der Waals surface area contributed by atoms with Crippen LogP contribution in [-0.2, 0) is 6.54 Å². The standard InChI is InChI=1S/C33H39N7O/c1-37-11-13-38(14-12-37)28-9-7-27(8-10-28)35-31-34-21-26-22-39(29-5-3-2-4-6-29)32(41)40(30(26)36-31)33-18-23-15-24(19-33)17-25(16-23)20-33/h2-10,21,23-25H,11-20,22H2,1H3,(H,34,35,36). The van der Waals surface area contributed by atoms with Crippen LogP contribution in [0.25, 0.3) is 0 Å². The molecule has 0 spiro atoms. The van der Waals surface area contributed by atoms with Crippen LogP contribution < -0.4 is 20.0 Å². The zero-order chi connectivity index (χ0) is 27.6. The van der Waals surface area contributed by atoms with Gasteiger partial charge in [-0.15, -0.1) is 0 Å². The fourth-order valence-corrected chi connectivity index (χ4v) is 8.74. The van der Waals surface area contributed by atoms with Gasteiger partial charge in [0.05, 0.1) is 12.1 Å². The van der Waals surface area contributed by atoms with Crippen molar-refractivity contribution in [3.05, 3.63) is 66.4 Å². The summed E-state index contributed by atoms with van der Waals surface area (Å²) in [6.45, 7) is 4.76. The largest absolute Gasteiger partial charge is 0.369 e. The highest BCUT2D eigenvalue weighted by atomic mass is 16.2. The number of anilines is 5. The number of rotatable bonds is 5. The van der Waals surface area contributed by atoms with E-state index in [0.29, 0.717) is 12.5 Å². The van der Waals surface area contributed by atoms with Crippen LogP contribution in [0.2, 0.25) is 0 Å². The number of hydrogen-bond acceptors (Lipinski definition) is 6. The van der Waals surface area contributed by atoms with Gasteiger partial charge in [-0.3, -0.25) is 9.80 Å². The van der Waals surface area contributed by atoms with Crippen molar-refractivity contribution in [2.75, 3.05) is 53.2 Å². The zero-order valence-electron chi connectivity index (χ0n) is 23.9. The lowest BCUT2D eigenvalue weighted by molar-refractivity contribution is -0.000906. The fraction of sp³-hybridized carbons (Fsp3) is 0.485. The second-order valence-electron chi connectivity index (χ2n) is 13.2. The monoisotopic (exact) mass is 549 g/mol. The van der Waals surface area contributed by atoms with E-state index in [9.17, 15) is 4.79 Å². The highest BCUT2D eigenvalue weighted by molar-refractivity contribution is 6.06. The van der Waals surface area contributed by atoms with Gasteiger partial charge in [0.2, 0.25) is 5.95 Å². The minimum atomic E-state index is -0.149. The Morgan fingerprint density at radius 1 is 0.829 bits per heavy atom. The molecule has 4 saturated carbocycles. The summed E-state index contributed by atoms with van der Waals surface area (Å²) in [4.78, 5) is 33.1. The maximum atomic E-state index is 14.4. The van der Waals surface area contributed by atoms with Gasteiger partial charge in [-0.1, -0.05) is 18.2 Å². The first-order valence-electron chi connectivity index (χ1n) is 15.4. The van der Waals surface area contributed by atoms with Crippen LogP contribution in [0.1, 0.15) is 44.1 Å². The van der Waals surface area contributed by atoms with Crippen molar-refractivity contribution in [2.45, 2.75) is 50.6 Å². The molecule has 2 aromatic carbocycles. The van der Waals surface area contributed by atoms with E-state index in [4.69, 9.17) is 9.97 Å². The maximum Gasteiger partial charge on any atom is 0.330 e. The number of benzene rings is 2. The quantitative estimate of drug-likeness (QED) is 0.428. The molecule has 2 aliphatic heterocycles. The molecule has 2 amide bonds. The van der Waals surface area contributed by atoms with E-state index in [1.807, 2.05) is 41.4 Å². The molecule has 8 heteroatoms. The van der Waals surface area contributed by atoms with E-state index >= 15 is 0 Å². The molecule has 9 rings (SSSR count). The van der Waals surface area contributed by atoms with Crippen molar-refractivity contribution >= 4 is 34.9 Å². The average Bonchev–Trinajstić information content (AvgIpc) is 2.97. The molecule has 0 radical (unpaired) electrons.